The Bertz CT molecular complexity index is 321. The van der Waals surface area contributed by atoms with E-state index in [9.17, 15) is 0 Å². The highest BCUT2D eigenvalue weighted by molar-refractivity contribution is 9.10. The molecule has 1 nitrogen and oxygen atoms in total. The average Bonchev–Trinajstić information content (AvgIpc) is 2.55. The molecule has 1 aromatic carbocycles. The van der Waals surface area contributed by atoms with Crippen molar-refractivity contribution < 1.29 is 0 Å². The topological polar surface area (TPSA) is 12.0 Å². The van der Waals surface area contributed by atoms with E-state index in [0.717, 1.165) is 11.0 Å². The lowest BCUT2D eigenvalue weighted by Crippen LogP contribution is -2.14. The Morgan fingerprint density at radius 2 is 2.25 bits per heavy atom. The predicted octanol–water partition coefficient (Wildman–Crippen LogP) is 3.82. The van der Waals surface area contributed by atoms with E-state index in [1.54, 1.807) is 0 Å². The van der Waals surface area contributed by atoms with Gasteiger partial charge in [-0.05, 0) is 50.0 Å². The second-order valence-electron chi connectivity index (χ2n) is 4.24. The highest BCUT2D eigenvalue weighted by atomic mass is 79.9. The molecule has 0 spiro atoms. The monoisotopic (exact) mass is 299 g/mol. The minimum Gasteiger partial charge on any atom is -0.317 e. The van der Waals surface area contributed by atoms with E-state index in [1.165, 1.54) is 42.4 Å². The van der Waals surface area contributed by atoms with Gasteiger partial charge in [-0.2, -0.15) is 11.8 Å². The number of benzene rings is 1. The Morgan fingerprint density at radius 3 is 3.12 bits per heavy atom. The van der Waals surface area contributed by atoms with Crippen LogP contribution in [0.1, 0.15) is 24.8 Å². The molecule has 16 heavy (non-hydrogen) atoms. The van der Waals surface area contributed by atoms with Crippen LogP contribution < -0.4 is 5.32 Å². The predicted molar refractivity (Wildman–Crippen MR) is 75.9 cm³/mol. The normalized spacial score (nSPS) is 21.7. The Balaban J connectivity index is 1.81. The third-order valence-corrected chi connectivity index (χ3v) is 4.83. The summed E-state index contributed by atoms with van der Waals surface area (Å²) in [5.74, 6) is 1.14. The van der Waals surface area contributed by atoms with Gasteiger partial charge in [-0.25, -0.2) is 0 Å². The van der Waals surface area contributed by atoms with E-state index in [-0.39, 0.29) is 0 Å². The first kappa shape index (κ1) is 12.5. The van der Waals surface area contributed by atoms with E-state index >= 15 is 0 Å². The van der Waals surface area contributed by atoms with Crippen molar-refractivity contribution >= 4 is 27.7 Å². The molecule has 1 unspecified atom stereocenters. The zero-order chi connectivity index (χ0) is 11.2. The van der Waals surface area contributed by atoms with Crippen LogP contribution in [0.2, 0.25) is 0 Å². The standard InChI is InChI=1S/C13H18BrNS/c14-12-4-1-3-11(9-12)10-16-13-5-2-7-15-8-6-13/h1,3-4,9,13,15H,2,5-8,10H2. The summed E-state index contributed by atoms with van der Waals surface area (Å²) in [7, 11) is 0. The van der Waals surface area contributed by atoms with Crippen molar-refractivity contribution in [2.75, 3.05) is 13.1 Å². The molecule has 0 aliphatic carbocycles. The number of hydrogen-bond acceptors (Lipinski definition) is 2. The quantitative estimate of drug-likeness (QED) is 0.910. The molecule has 1 aliphatic rings. The number of halogens is 1. The second-order valence-corrected chi connectivity index (χ2v) is 6.45. The van der Waals surface area contributed by atoms with Gasteiger partial charge in [0.2, 0.25) is 0 Å². The summed E-state index contributed by atoms with van der Waals surface area (Å²) in [6.45, 7) is 2.39. The van der Waals surface area contributed by atoms with E-state index in [4.69, 9.17) is 0 Å². The molecular weight excluding hydrogens is 282 g/mol. The van der Waals surface area contributed by atoms with Gasteiger partial charge in [0.25, 0.3) is 0 Å². The van der Waals surface area contributed by atoms with Crippen LogP contribution >= 0.6 is 27.7 Å². The molecular formula is C13H18BrNS. The molecule has 1 aliphatic heterocycles. The Kier molecular flexibility index (Phi) is 5.20. The Labute approximate surface area is 111 Å². The number of hydrogen-bond donors (Lipinski definition) is 1. The zero-order valence-corrected chi connectivity index (χ0v) is 11.8. The molecule has 0 saturated carbocycles. The van der Waals surface area contributed by atoms with Crippen molar-refractivity contribution in [2.24, 2.45) is 0 Å². The van der Waals surface area contributed by atoms with Crippen molar-refractivity contribution in [1.82, 2.24) is 5.32 Å². The van der Waals surface area contributed by atoms with Crippen LogP contribution in [0.5, 0.6) is 0 Å². The number of rotatable bonds is 3. The van der Waals surface area contributed by atoms with Gasteiger partial charge in [-0.1, -0.05) is 28.1 Å². The van der Waals surface area contributed by atoms with Gasteiger partial charge < -0.3 is 5.32 Å². The van der Waals surface area contributed by atoms with E-state index in [1.807, 2.05) is 0 Å². The second kappa shape index (κ2) is 6.67. The fourth-order valence-electron chi connectivity index (χ4n) is 1.99. The smallest absolute Gasteiger partial charge is 0.0187 e. The van der Waals surface area contributed by atoms with Gasteiger partial charge in [-0.3, -0.25) is 0 Å². The summed E-state index contributed by atoms with van der Waals surface area (Å²) in [6, 6.07) is 8.65. The van der Waals surface area contributed by atoms with Gasteiger partial charge in [0.1, 0.15) is 0 Å². The minimum absolute atomic E-state index is 0.842. The van der Waals surface area contributed by atoms with Crippen LogP contribution in [0, 0.1) is 0 Å². The molecule has 0 radical (unpaired) electrons. The molecule has 1 saturated heterocycles. The maximum absolute atomic E-state index is 3.52. The number of nitrogens with one attached hydrogen (secondary N) is 1. The first-order valence-corrected chi connectivity index (χ1v) is 7.75. The van der Waals surface area contributed by atoms with Crippen molar-refractivity contribution in [3.8, 4) is 0 Å². The summed E-state index contributed by atoms with van der Waals surface area (Å²) in [5.41, 5.74) is 1.43. The maximum atomic E-state index is 3.52. The van der Waals surface area contributed by atoms with Crippen LogP contribution in [0.3, 0.4) is 0 Å². The molecule has 1 fully saturated rings. The molecule has 0 aromatic heterocycles. The molecule has 1 heterocycles. The van der Waals surface area contributed by atoms with Gasteiger partial charge in [0, 0.05) is 15.5 Å². The third kappa shape index (κ3) is 4.11. The summed E-state index contributed by atoms with van der Waals surface area (Å²) in [5, 5.41) is 4.31. The molecule has 88 valence electrons. The van der Waals surface area contributed by atoms with Crippen molar-refractivity contribution in [2.45, 2.75) is 30.3 Å². The van der Waals surface area contributed by atoms with Crippen LogP contribution in [-0.4, -0.2) is 18.3 Å². The Hall–Kier alpha value is 0.01000. The molecule has 2 rings (SSSR count). The molecule has 0 bridgehead atoms. The lowest BCUT2D eigenvalue weighted by molar-refractivity contribution is 0.703. The summed E-state index contributed by atoms with van der Waals surface area (Å²) in [6.07, 6.45) is 4.01. The van der Waals surface area contributed by atoms with Gasteiger partial charge >= 0.3 is 0 Å². The first-order chi connectivity index (χ1) is 7.84. The maximum Gasteiger partial charge on any atom is 0.0187 e. The van der Waals surface area contributed by atoms with E-state index in [2.05, 4.69) is 57.3 Å². The van der Waals surface area contributed by atoms with Gasteiger partial charge in [0.15, 0.2) is 0 Å². The zero-order valence-electron chi connectivity index (χ0n) is 9.42. The average molecular weight is 300 g/mol. The van der Waals surface area contributed by atoms with Crippen LogP contribution in [0.25, 0.3) is 0 Å². The highest BCUT2D eigenvalue weighted by Crippen LogP contribution is 2.25. The summed E-state index contributed by atoms with van der Waals surface area (Å²) < 4.78 is 1.19. The first-order valence-electron chi connectivity index (χ1n) is 5.91. The lowest BCUT2D eigenvalue weighted by Gasteiger charge is -2.13. The summed E-state index contributed by atoms with van der Waals surface area (Å²) >= 11 is 5.63. The van der Waals surface area contributed by atoms with Crippen molar-refractivity contribution in [1.29, 1.82) is 0 Å². The summed E-state index contributed by atoms with van der Waals surface area (Å²) in [4.78, 5) is 0. The fraction of sp³-hybridized carbons (Fsp3) is 0.538. The van der Waals surface area contributed by atoms with E-state index in [0.29, 0.717) is 0 Å². The van der Waals surface area contributed by atoms with Crippen molar-refractivity contribution in [3.63, 3.8) is 0 Å². The molecule has 1 atom stereocenters. The minimum atomic E-state index is 0.842. The van der Waals surface area contributed by atoms with Gasteiger partial charge in [-0.15, -0.1) is 0 Å². The Morgan fingerprint density at radius 1 is 1.31 bits per heavy atom. The third-order valence-electron chi connectivity index (χ3n) is 2.90. The van der Waals surface area contributed by atoms with Gasteiger partial charge in [0.05, 0.1) is 0 Å². The van der Waals surface area contributed by atoms with Crippen LogP contribution in [0.4, 0.5) is 0 Å². The fourth-order valence-corrected chi connectivity index (χ4v) is 3.67. The molecule has 3 heteroatoms. The van der Waals surface area contributed by atoms with E-state index < -0.39 is 0 Å². The van der Waals surface area contributed by atoms with Crippen LogP contribution in [0.15, 0.2) is 28.7 Å². The van der Waals surface area contributed by atoms with Crippen LogP contribution in [-0.2, 0) is 5.75 Å². The largest absolute Gasteiger partial charge is 0.317 e. The highest BCUT2D eigenvalue weighted by Gasteiger charge is 2.12. The lowest BCUT2D eigenvalue weighted by atomic mass is 10.2. The molecule has 0 amide bonds. The molecule has 1 N–H and O–H groups in total. The van der Waals surface area contributed by atoms with Crippen molar-refractivity contribution in [3.05, 3.63) is 34.3 Å². The SMILES string of the molecule is Brc1cccc(CSC2CCCNCC2)c1. The number of thioether (sulfide) groups is 1. The molecule has 1 aromatic rings.